The predicted octanol–water partition coefficient (Wildman–Crippen LogP) is 2.94. The molecule has 2 amide bonds. The Morgan fingerprint density at radius 2 is 1.14 bits per heavy atom. The quantitative estimate of drug-likeness (QED) is 0.810. The van der Waals surface area contributed by atoms with Crippen molar-refractivity contribution in [2.75, 3.05) is 6.54 Å². The molecule has 1 aliphatic rings. The molecule has 0 radical (unpaired) electrons. The van der Waals surface area contributed by atoms with Crippen molar-refractivity contribution in [2.24, 2.45) is 0 Å². The molecular weight excluding hydrogens is 262 g/mol. The number of rotatable bonds is 3. The van der Waals surface area contributed by atoms with Gasteiger partial charge in [-0.2, -0.15) is 0 Å². The zero-order valence-electron chi connectivity index (χ0n) is 11.9. The number of amides is 2. The van der Waals surface area contributed by atoms with Crippen molar-refractivity contribution in [1.82, 2.24) is 4.90 Å². The topological polar surface area (TPSA) is 37.4 Å². The molecule has 0 unspecified atom stereocenters. The molecule has 3 heteroatoms. The Hall–Kier alpha value is -2.42. The molecule has 3 nitrogen and oxygen atoms in total. The van der Waals surface area contributed by atoms with Gasteiger partial charge in [0, 0.05) is 6.54 Å². The highest BCUT2D eigenvalue weighted by molar-refractivity contribution is 6.10. The van der Waals surface area contributed by atoms with Crippen LogP contribution in [0.15, 0.2) is 60.7 Å². The minimum atomic E-state index is -0.416. The zero-order chi connectivity index (χ0) is 14.8. The first-order valence-electron chi connectivity index (χ1n) is 7.19. The normalized spacial score (nSPS) is 21.9. The highest BCUT2D eigenvalue weighted by atomic mass is 16.2. The van der Waals surface area contributed by atoms with Crippen LogP contribution in [0.1, 0.15) is 29.9 Å². The highest BCUT2D eigenvalue weighted by Gasteiger charge is 2.48. The molecule has 3 rings (SSSR count). The first-order chi connectivity index (χ1) is 10.2. The monoisotopic (exact) mass is 279 g/mol. The smallest absolute Gasteiger partial charge is 0.237 e. The molecule has 0 aliphatic carbocycles. The van der Waals surface area contributed by atoms with Gasteiger partial charge in [0.1, 0.15) is 0 Å². The summed E-state index contributed by atoms with van der Waals surface area (Å²) in [7, 11) is 0. The summed E-state index contributed by atoms with van der Waals surface area (Å²) in [6.07, 6.45) is 0. The van der Waals surface area contributed by atoms with Crippen LogP contribution in [0.25, 0.3) is 0 Å². The molecule has 2 atom stereocenters. The maximum absolute atomic E-state index is 12.6. The molecule has 2 aromatic carbocycles. The van der Waals surface area contributed by atoms with Crippen LogP contribution in [-0.2, 0) is 9.59 Å². The van der Waals surface area contributed by atoms with E-state index in [0.29, 0.717) is 6.54 Å². The van der Waals surface area contributed by atoms with E-state index >= 15 is 0 Å². The molecule has 0 aromatic heterocycles. The van der Waals surface area contributed by atoms with Crippen LogP contribution in [0.5, 0.6) is 0 Å². The fourth-order valence-corrected chi connectivity index (χ4v) is 3.03. The lowest BCUT2D eigenvalue weighted by molar-refractivity contribution is -0.138. The fraction of sp³-hybridized carbons (Fsp3) is 0.222. The van der Waals surface area contributed by atoms with Crippen molar-refractivity contribution < 1.29 is 9.59 Å². The SMILES string of the molecule is CCN1C(=O)[C@H](c2ccccc2)[C@H](c2ccccc2)C1=O. The summed E-state index contributed by atoms with van der Waals surface area (Å²) in [6.45, 7) is 2.26. The Kier molecular flexibility index (Phi) is 3.57. The molecule has 0 spiro atoms. The van der Waals surface area contributed by atoms with Gasteiger partial charge in [0.2, 0.25) is 11.8 Å². The maximum Gasteiger partial charge on any atom is 0.237 e. The average Bonchev–Trinajstić information content (AvgIpc) is 2.79. The van der Waals surface area contributed by atoms with Crippen LogP contribution in [-0.4, -0.2) is 23.3 Å². The number of imide groups is 1. The number of hydrogen-bond donors (Lipinski definition) is 0. The first-order valence-corrected chi connectivity index (χ1v) is 7.19. The van der Waals surface area contributed by atoms with Crippen molar-refractivity contribution in [1.29, 1.82) is 0 Å². The average molecular weight is 279 g/mol. The van der Waals surface area contributed by atoms with Gasteiger partial charge >= 0.3 is 0 Å². The van der Waals surface area contributed by atoms with Crippen molar-refractivity contribution >= 4 is 11.8 Å². The van der Waals surface area contributed by atoms with E-state index in [9.17, 15) is 9.59 Å². The van der Waals surface area contributed by atoms with Gasteiger partial charge in [0.15, 0.2) is 0 Å². The number of likely N-dealkylation sites (tertiary alicyclic amines) is 1. The first kappa shape index (κ1) is 13.6. The largest absolute Gasteiger partial charge is 0.282 e. The minimum absolute atomic E-state index is 0.0949. The Morgan fingerprint density at radius 1 is 0.762 bits per heavy atom. The standard InChI is InChI=1S/C18H17NO2/c1-2-19-17(20)15(13-9-5-3-6-10-13)16(18(19)21)14-11-7-4-8-12-14/h3-12,15-16H,2H2,1H3/t15-,16+. The van der Waals surface area contributed by atoms with Crippen LogP contribution in [0.3, 0.4) is 0 Å². The highest BCUT2D eigenvalue weighted by Crippen LogP contribution is 2.41. The van der Waals surface area contributed by atoms with Gasteiger partial charge in [-0.15, -0.1) is 0 Å². The van der Waals surface area contributed by atoms with E-state index in [1.807, 2.05) is 67.6 Å². The number of nitrogens with zero attached hydrogens (tertiary/aromatic N) is 1. The van der Waals surface area contributed by atoms with E-state index in [4.69, 9.17) is 0 Å². The molecule has 0 bridgehead atoms. The summed E-state index contributed by atoms with van der Waals surface area (Å²) < 4.78 is 0. The molecule has 0 N–H and O–H groups in total. The molecule has 0 saturated carbocycles. The second-order valence-corrected chi connectivity index (χ2v) is 5.20. The van der Waals surface area contributed by atoms with Crippen molar-refractivity contribution in [3.05, 3.63) is 71.8 Å². The van der Waals surface area contributed by atoms with E-state index in [0.717, 1.165) is 11.1 Å². The second kappa shape index (κ2) is 5.52. The van der Waals surface area contributed by atoms with Crippen LogP contribution in [0, 0.1) is 0 Å². The molecule has 106 valence electrons. The number of benzene rings is 2. The molecule has 21 heavy (non-hydrogen) atoms. The number of carbonyl (C=O) groups excluding carboxylic acids is 2. The zero-order valence-corrected chi connectivity index (χ0v) is 11.9. The van der Waals surface area contributed by atoms with Gasteiger partial charge in [-0.25, -0.2) is 0 Å². The van der Waals surface area contributed by atoms with E-state index in [1.165, 1.54) is 4.90 Å². The minimum Gasteiger partial charge on any atom is -0.282 e. The van der Waals surface area contributed by atoms with Crippen LogP contribution in [0.4, 0.5) is 0 Å². The Balaban J connectivity index is 2.10. The molecule has 1 aliphatic heterocycles. The van der Waals surface area contributed by atoms with Crippen molar-refractivity contribution in [3.8, 4) is 0 Å². The molecule has 1 heterocycles. The fourth-order valence-electron chi connectivity index (χ4n) is 3.03. The summed E-state index contributed by atoms with van der Waals surface area (Å²) >= 11 is 0. The summed E-state index contributed by atoms with van der Waals surface area (Å²) in [4.78, 5) is 26.6. The van der Waals surface area contributed by atoms with E-state index in [2.05, 4.69) is 0 Å². The maximum atomic E-state index is 12.6. The van der Waals surface area contributed by atoms with Gasteiger partial charge in [0.25, 0.3) is 0 Å². The van der Waals surface area contributed by atoms with Gasteiger partial charge in [0.05, 0.1) is 11.8 Å². The molecule has 2 aromatic rings. The molecule has 1 saturated heterocycles. The lowest BCUT2D eigenvalue weighted by atomic mass is 9.83. The van der Waals surface area contributed by atoms with Crippen LogP contribution >= 0.6 is 0 Å². The Bertz CT molecular complexity index is 594. The van der Waals surface area contributed by atoms with Crippen LogP contribution < -0.4 is 0 Å². The summed E-state index contributed by atoms with van der Waals surface area (Å²) in [6, 6.07) is 19.1. The molecular formula is C18H17NO2. The predicted molar refractivity (Wildman–Crippen MR) is 80.8 cm³/mol. The third-order valence-electron chi connectivity index (χ3n) is 4.03. The van der Waals surface area contributed by atoms with Gasteiger partial charge in [-0.05, 0) is 18.1 Å². The van der Waals surface area contributed by atoms with Gasteiger partial charge in [-0.3, -0.25) is 14.5 Å². The van der Waals surface area contributed by atoms with Crippen LogP contribution in [0.2, 0.25) is 0 Å². The number of likely N-dealkylation sites (N-methyl/N-ethyl adjacent to an activating group) is 1. The number of carbonyl (C=O) groups is 2. The summed E-state index contributed by atoms with van der Waals surface area (Å²) in [5, 5.41) is 0. The van der Waals surface area contributed by atoms with E-state index in [-0.39, 0.29) is 11.8 Å². The van der Waals surface area contributed by atoms with E-state index < -0.39 is 11.8 Å². The number of hydrogen-bond acceptors (Lipinski definition) is 2. The Labute approximate surface area is 124 Å². The van der Waals surface area contributed by atoms with Gasteiger partial charge < -0.3 is 0 Å². The summed E-state index contributed by atoms with van der Waals surface area (Å²) in [5.74, 6) is -1.02. The Morgan fingerprint density at radius 3 is 1.48 bits per heavy atom. The summed E-state index contributed by atoms with van der Waals surface area (Å²) in [5.41, 5.74) is 1.81. The lowest BCUT2D eigenvalue weighted by Crippen LogP contribution is -2.30. The second-order valence-electron chi connectivity index (χ2n) is 5.20. The van der Waals surface area contributed by atoms with E-state index in [1.54, 1.807) is 0 Å². The van der Waals surface area contributed by atoms with Gasteiger partial charge in [-0.1, -0.05) is 60.7 Å². The molecule has 1 fully saturated rings. The third-order valence-corrected chi connectivity index (χ3v) is 4.03. The third kappa shape index (κ3) is 2.25. The van der Waals surface area contributed by atoms with Crippen molar-refractivity contribution in [2.45, 2.75) is 18.8 Å². The lowest BCUT2D eigenvalue weighted by Gasteiger charge is -2.15. The van der Waals surface area contributed by atoms with Crippen molar-refractivity contribution in [3.63, 3.8) is 0 Å².